The Balaban J connectivity index is 0.00000341. The van der Waals surface area contributed by atoms with E-state index in [0.717, 1.165) is 37.8 Å². The summed E-state index contributed by atoms with van der Waals surface area (Å²) in [6.07, 6.45) is -5.49. The van der Waals surface area contributed by atoms with Crippen LogP contribution in [0.25, 0.3) is 0 Å². The van der Waals surface area contributed by atoms with Crippen molar-refractivity contribution in [2.75, 3.05) is 0 Å². The molecule has 2 aromatic rings. The fourth-order valence-corrected chi connectivity index (χ4v) is 4.00. The van der Waals surface area contributed by atoms with Crippen molar-refractivity contribution in [2.24, 2.45) is 0 Å². The smallest absolute Gasteiger partial charge is 0.308 e. The molecule has 0 bridgehead atoms. The highest BCUT2D eigenvalue weighted by molar-refractivity contribution is 5.85. The van der Waals surface area contributed by atoms with E-state index in [0.29, 0.717) is 0 Å². The van der Waals surface area contributed by atoms with E-state index in [4.69, 9.17) is 0 Å². The SMILES string of the molecule is Cl.FC(F)(F)c1ccccc1CNC1CCCCC1NCc1ccccc1C(F)(F)F. The molecular weight excluding hydrogens is 442 g/mol. The molecule has 2 nitrogen and oxygen atoms in total. The van der Waals surface area contributed by atoms with Gasteiger partial charge in [0.25, 0.3) is 0 Å². The van der Waals surface area contributed by atoms with E-state index < -0.39 is 23.5 Å². The normalized spacial score (nSPS) is 19.7. The summed E-state index contributed by atoms with van der Waals surface area (Å²) in [5, 5.41) is 6.39. The molecule has 0 saturated heterocycles. The van der Waals surface area contributed by atoms with Gasteiger partial charge in [-0.15, -0.1) is 12.4 Å². The van der Waals surface area contributed by atoms with E-state index in [1.54, 1.807) is 12.1 Å². The van der Waals surface area contributed by atoms with Gasteiger partial charge in [0.05, 0.1) is 11.1 Å². The van der Waals surface area contributed by atoms with Gasteiger partial charge < -0.3 is 10.6 Å². The molecule has 0 amide bonds. The van der Waals surface area contributed by atoms with Crippen molar-refractivity contribution in [3.63, 3.8) is 0 Å². The summed E-state index contributed by atoms with van der Waals surface area (Å²) in [5.41, 5.74) is -1.01. The maximum absolute atomic E-state index is 13.2. The van der Waals surface area contributed by atoms with E-state index in [9.17, 15) is 26.3 Å². The second-order valence-electron chi connectivity index (χ2n) is 7.57. The second kappa shape index (κ2) is 10.7. The van der Waals surface area contributed by atoms with Crippen LogP contribution < -0.4 is 10.6 Å². The Hall–Kier alpha value is -1.77. The molecule has 0 spiro atoms. The summed E-state index contributed by atoms with van der Waals surface area (Å²) < 4.78 is 79.2. The van der Waals surface area contributed by atoms with Crippen molar-refractivity contribution in [3.05, 3.63) is 70.8 Å². The Kier molecular flexibility index (Phi) is 8.80. The number of hydrogen-bond donors (Lipinski definition) is 2. The van der Waals surface area contributed by atoms with Crippen molar-refractivity contribution >= 4 is 12.4 Å². The molecule has 0 heterocycles. The summed E-state index contributed by atoms with van der Waals surface area (Å²) in [6.45, 7) is 0.106. The van der Waals surface area contributed by atoms with Crippen LogP contribution in [0.2, 0.25) is 0 Å². The highest BCUT2D eigenvalue weighted by Crippen LogP contribution is 2.33. The third-order valence-corrected chi connectivity index (χ3v) is 5.52. The van der Waals surface area contributed by atoms with E-state index >= 15 is 0 Å². The third-order valence-electron chi connectivity index (χ3n) is 5.52. The monoisotopic (exact) mass is 466 g/mol. The van der Waals surface area contributed by atoms with Crippen LogP contribution in [0.1, 0.15) is 47.9 Å². The lowest BCUT2D eigenvalue weighted by Gasteiger charge is -2.33. The van der Waals surface area contributed by atoms with Gasteiger partial charge in [0.15, 0.2) is 0 Å². The maximum Gasteiger partial charge on any atom is 0.416 e. The van der Waals surface area contributed by atoms with Gasteiger partial charge in [-0.3, -0.25) is 0 Å². The van der Waals surface area contributed by atoms with Crippen molar-refractivity contribution < 1.29 is 26.3 Å². The van der Waals surface area contributed by atoms with Gasteiger partial charge in [-0.1, -0.05) is 49.2 Å². The Morgan fingerprint density at radius 2 is 1.00 bits per heavy atom. The molecule has 1 aliphatic rings. The fourth-order valence-electron chi connectivity index (χ4n) is 4.00. The lowest BCUT2D eigenvalue weighted by atomic mass is 9.89. The lowest BCUT2D eigenvalue weighted by molar-refractivity contribution is -0.139. The zero-order valence-electron chi connectivity index (χ0n) is 16.7. The molecule has 31 heavy (non-hydrogen) atoms. The highest BCUT2D eigenvalue weighted by atomic mass is 35.5. The van der Waals surface area contributed by atoms with Crippen LogP contribution in [0.3, 0.4) is 0 Å². The molecule has 0 aromatic heterocycles. The van der Waals surface area contributed by atoms with Crippen molar-refractivity contribution in [2.45, 2.75) is 63.2 Å². The molecule has 2 atom stereocenters. The first-order chi connectivity index (χ1) is 14.2. The van der Waals surface area contributed by atoms with Gasteiger partial charge >= 0.3 is 12.4 Å². The molecule has 0 radical (unpaired) electrons. The minimum atomic E-state index is -4.43. The summed E-state index contributed by atoms with van der Waals surface area (Å²) >= 11 is 0. The van der Waals surface area contributed by atoms with Gasteiger partial charge in [0.2, 0.25) is 0 Å². The van der Waals surface area contributed by atoms with Crippen LogP contribution in [-0.2, 0) is 25.4 Å². The molecule has 172 valence electrons. The number of halogens is 7. The molecule has 2 N–H and O–H groups in total. The zero-order valence-corrected chi connectivity index (χ0v) is 17.5. The molecule has 1 aliphatic carbocycles. The fraction of sp³-hybridized carbons (Fsp3) is 0.455. The predicted octanol–water partition coefficient (Wildman–Crippen LogP) is 6.34. The van der Waals surface area contributed by atoms with Gasteiger partial charge in [-0.25, -0.2) is 0 Å². The summed E-state index contributed by atoms with van der Waals surface area (Å²) in [4.78, 5) is 0. The van der Waals surface area contributed by atoms with Crippen LogP contribution in [-0.4, -0.2) is 12.1 Å². The molecule has 2 unspecified atom stereocenters. The van der Waals surface area contributed by atoms with E-state index in [2.05, 4.69) is 10.6 Å². The van der Waals surface area contributed by atoms with Gasteiger partial charge in [-0.05, 0) is 36.1 Å². The number of hydrogen-bond acceptors (Lipinski definition) is 2. The molecule has 9 heteroatoms. The minimum absolute atomic E-state index is 0. The topological polar surface area (TPSA) is 24.1 Å². The standard InChI is InChI=1S/C22H24F6N2.ClH/c23-21(24,25)17-9-3-1-7-15(17)13-29-19-11-5-6-12-20(19)30-14-16-8-2-4-10-18(16)22(26,27)28;/h1-4,7-10,19-20,29-30H,5-6,11-14H2;1H. The largest absolute Gasteiger partial charge is 0.416 e. The summed E-state index contributed by atoms with van der Waals surface area (Å²) in [6, 6.07) is 10.6. The van der Waals surface area contributed by atoms with Crippen LogP contribution in [0.5, 0.6) is 0 Å². The molecule has 3 rings (SSSR count). The Bertz CT molecular complexity index is 768. The van der Waals surface area contributed by atoms with E-state index in [1.165, 1.54) is 24.3 Å². The van der Waals surface area contributed by atoms with E-state index in [1.807, 2.05) is 0 Å². The number of rotatable bonds is 6. The maximum atomic E-state index is 13.2. The number of benzene rings is 2. The second-order valence-corrected chi connectivity index (χ2v) is 7.57. The highest BCUT2D eigenvalue weighted by Gasteiger charge is 2.34. The first-order valence-electron chi connectivity index (χ1n) is 9.93. The van der Waals surface area contributed by atoms with Gasteiger partial charge in [0.1, 0.15) is 0 Å². The lowest BCUT2D eigenvalue weighted by Crippen LogP contribution is -2.49. The summed E-state index contributed by atoms with van der Waals surface area (Å²) in [5.74, 6) is 0. The number of nitrogens with one attached hydrogen (secondary N) is 2. The quantitative estimate of drug-likeness (QED) is 0.486. The average molecular weight is 467 g/mol. The van der Waals surface area contributed by atoms with Crippen LogP contribution in [0.15, 0.2) is 48.5 Å². The zero-order chi connectivity index (χ0) is 21.8. The Morgan fingerprint density at radius 1 is 0.645 bits per heavy atom. The number of alkyl halides is 6. The van der Waals surface area contributed by atoms with Crippen molar-refractivity contribution in [1.29, 1.82) is 0 Å². The molecule has 2 aromatic carbocycles. The van der Waals surface area contributed by atoms with Crippen LogP contribution in [0, 0.1) is 0 Å². The summed E-state index contributed by atoms with van der Waals surface area (Å²) in [7, 11) is 0. The van der Waals surface area contributed by atoms with Crippen LogP contribution >= 0.6 is 12.4 Å². The molecular formula is C22H25ClF6N2. The molecule has 0 aliphatic heterocycles. The third kappa shape index (κ3) is 6.85. The Labute approximate surface area is 183 Å². The average Bonchev–Trinajstić information content (AvgIpc) is 2.70. The minimum Gasteiger partial charge on any atom is -0.308 e. The van der Waals surface area contributed by atoms with Crippen molar-refractivity contribution in [3.8, 4) is 0 Å². The molecule has 1 saturated carbocycles. The van der Waals surface area contributed by atoms with Gasteiger partial charge in [-0.2, -0.15) is 26.3 Å². The molecule has 1 fully saturated rings. The first-order valence-corrected chi connectivity index (χ1v) is 9.93. The van der Waals surface area contributed by atoms with Gasteiger partial charge in [0, 0.05) is 25.2 Å². The van der Waals surface area contributed by atoms with Crippen molar-refractivity contribution in [1.82, 2.24) is 10.6 Å². The van der Waals surface area contributed by atoms with E-state index in [-0.39, 0.29) is 48.7 Å². The Morgan fingerprint density at radius 3 is 1.35 bits per heavy atom. The van der Waals surface area contributed by atoms with Crippen LogP contribution in [0.4, 0.5) is 26.3 Å². The predicted molar refractivity (Wildman–Crippen MR) is 110 cm³/mol. The first kappa shape index (κ1) is 25.5.